The first-order valence-corrected chi connectivity index (χ1v) is 8.54. The van der Waals surface area contributed by atoms with Crippen LogP contribution in [-0.2, 0) is 0 Å². The Balaban J connectivity index is 0.000000828. The van der Waals surface area contributed by atoms with E-state index in [4.69, 9.17) is 16.2 Å². The topological polar surface area (TPSA) is 88.9 Å². The summed E-state index contributed by atoms with van der Waals surface area (Å²) in [5, 5.41) is 3.09. The molecule has 9 heteroatoms. The van der Waals surface area contributed by atoms with Crippen molar-refractivity contribution in [1.82, 2.24) is 4.90 Å². The molecule has 0 saturated carbocycles. The molecule has 0 fully saturated rings. The molecule has 0 aliphatic heterocycles. The van der Waals surface area contributed by atoms with Crippen molar-refractivity contribution in [3.05, 3.63) is 53.5 Å². The molecule has 0 amide bonds. The summed E-state index contributed by atoms with van der Waals surface area (Å²) in [4.78, 5) is 5.06. The number of allylic oxidation sites excluding steroid dienone is 4. The Morgan fingerprint density at radius 2 is 1.90 bits per heavy atom. The summed E-state index contributed by atoms with van der Waals surface area (Å²) >= 11 is 0. The number of hydrogen-bond donors (Lipinski definition) is 3. The van der Waals surface area contributed by atoms with Crippen molar-refractivity contribution in [3.8, 4) is 5.75 Å². The predicted molar refractivity (Wildman–Crippen MR) is 115 cm³/mol. The van der Waals surface area contributed by atoms with Gasteiger partial charge in [0.15, 0.2) is 0 Å². The van der Waals surface area contributed by atoms with Gasteiger partial charge < -0.3 is 26.4 Å². The minimum Gasteiger partial charge on any atom is -0.495 e. The molecule has 29 heavy (non-hydrogen) atoms. The number of nitrogens with one attached hydrogen (secondary N) is 1. The lowest BCUT2D eigenvalue weighted by atomic mass is 10.1. The third-order valence-electron chi connectivity index (χ3n) is 3.37. The molecule has 0 bridgehead atoms. The van der Waals surface area contributed by atoms with Crippen LogP contribution >= 0.6 is 0 Å². The van der Waals surface area contributed by atoms with Crippen molar-refractivity contribution in [1.29, 1.82) is 0 Å². The van der Waals surface area contributed by atoms with Crippen LogP contribution in [0.15, 0.2) is 52.9 Å². The number of benzene rings is 1. The van der Waals surface area contributed by atoms with Gasteiger partial charge in [0, 0.05) is 11.3 Å². The van der Waals surface area contributed by atoms with E-state index in [0.29, 0.717) is 28.5 Å². The lowest BCUT2D eigenvalue weighted by Gasteiger charge is -2.15. The second kappa shape index (κ2) is 11.8. The number of alkyl halides is 3. The number of aliphatic imine (C=N–C) groups is 1. The third-order valence-corrected chi connectivity index (χ3v) is 3.37. The molecule has 0 radical (unpaired) electrons. The number of aryl methyl sites for hydroxylation is 1. The highest BCUT2D eigenvalue weighted by Gasteiger charge is 2.27. The Hall–Kier alpha value is -2.94. The number of halogens is 3. The summed E-state index contributed by atoms with van der Waals surface area (Å²) < 4.78 is 39.1. The van der Waals surface area contributed by atoms with E-state index in [1.54, 1.807) is 26.2 Å². The smallest absolute Gasteiger partial charge is 0.401 e. The molecule has 1 aromatic rings. The number of rotatable bonds is 7. The summed E-state index contributed by atoms with van der Waals surface area (Å²) in [6.07, 6.45) is -0.682. The van der Waals surface area contributed by atoms with Crippen LogP contribution in [-0.4, -0.2) is 45.5 Å². The number of nitrogens with zero attached hydrogens (tertiary/aromatic N) is 2. The van der Waals surface area contributed by atoms with E-state index >= 15 is 0 Å². The third kappa shape index (κ3) is 10.2. The monoisotopic (exact) mass is 413 g/mol. The maximum Gasteiger partial charge on any atom is 0.401 e. The first kappa shape index (κ1) is 26.1. The van der Waals surface area contributed by atoms with E-state index in [-0.39, 0.29) is 0 Å². The minimum atomic E-state index is -4.05. The van der Waals surface area contributed by atoms with Crippen molar-refractivity contribution in [2.75, 3.05) is 33.1 Å². The van der Waals surface area contributed by atoms with Crippen LogP contribution in [0.5, 0.6) is 5.75 Å². The van der Waals surface area contributed by atoms with E-state index in [9.17, 15) is 13.2 Å². The molecule has 0 saturated heterocycles. The summed E-state index contributed by atoms with van der Waals surface area (Å²) in [5.74, 6) is 1.09. The fourth-order valence-electron chi connectivity index (χ4n) is 2.17. The van der Waals surface area contributed by atoms with Crippen molar-refractivity contribution in [2.45, 2.75) is 20.0 Å². The molecule has 0 atom stereocenters. The Morgan fingerprint density at radius 3 is 2.24 bits per heavy atom. The Bertz CT molecular complexity index is 764. The average Bonchev–Trinajstić information content (AvgIpc) is 2.58. The molecule has 0 spiro atoms. The van der Waals surface area contributed by atoms with E-state index in [2.05, 4.69) is 23.6 Å². The molecule has 1 rings (SSSR count). The number of nitrogens with two attached hydrogens (primary N) is 2. The number of ether oxygens (including phenoxy) is 1. The second-order valence-electron chi connectivity index (χ2n) is 6.44. The average molecular weight is 413 g/mol. The molecule has 162 valence electrons. The van der Waals surface area contributed by atoms with Crippen molar-refractivity contribution in [3.63, 3.8) is 0 Å². The van der Waals surface area contributed by atoms with Gasteiger partial charge in [0.05, 0.1) is 25.0 Å². The fraction of sp³-hybridized carbons (Fsp3) is 0.350. The van der Waals surface area contributed by atoms with Gasteiger partial charge in [0.25, 0.3) is 0 Å². The van der Waals surface area contributed by atoms with Crippen molar-refractivity contribution < 1.29 is 17.9 Å². The largest absolute Gasteiger partial charge is 0.495 e. The normalized spacial score (nSPS) is 12.5. The van der Waals surface area contributed by atoms with Crippen LogP contribution in [0.2, 0.25) is 0 Å². The van der Waals surface area contributed by atoms with E-state index < -0.39 is 12.7 Å². The molecule has 0 aliphatic rings. The maximum atomic E-state index is 11.3. The first-order valence-electron chi connectivity index (χ1n) is 8.54. The van der Waals surface area contributed by atoms with Gasteiger partial charge in [-0.15, -0.1) is 0 Å². The molecule has 1 aromatic carbocycles. The van der Waals surface area contributed by atoms with Gasteiger partial charge in [-0.1, -0.05) is 12.7 Å². The number of methoxy groups -OCH3 is 1. The van der Waals surface area contributed by atoms with Crippen LogP contribution in [0.4, 0.5) is 24.5 Å². The zero-order chi connectivity index (χ0) is 22.8. The van der Waals surface area contributed by atoms with Crippen LogP contribution in [0.3, 0.4) is 0 Å². The van der Waals surface area contributed by atoms with Crippen LogP contribution < -0.4 is 21.5 Å². The zero-order valence-corrected chi connectivity index (χ0v) is 17.5. The van der Waals surface area contributed by atoms with Crippen LogP contribution in [0, 0.1) is 6.92 Å². The predicted octanol–water partition coefficient (Wildman–Crippen LogP) is 4.08. The standard InChI is InChI=1S/C16H22N4O.C4H8F3N/c1-6-12(8-11(3)17)16(18)20-14-9-13(19-4)10(2)7-15(14)21-5;1-8(2)3-4(5,6)7/h6-9,20H,1,4,17-18H2,2-3,5H3;3H2,1-2H3/b11-8-,16-12+;. The summed E-state index contributed by atoms with van der Waals surface area (Å²) in [5.41, 5.74) is 15.5. The van der Waals surface area contributed by atoms with Crippen LogP contribution in [0.25, 0.3) is 0 Å². The first-order chi connectivity index (χ1) is 13.3. The second-order valence-corrected chi connectivity index (χ2v) is 6.44. The molecule has 0 unspecified atom stereocenters. The van der Waals surface area contributed by atoms with Gasteiger partial charge in [-0.2, -0.15) is 13.2 Å². The summed E-state index contributed by atoms with van der Waals surface area (Å²) in [6.45, 7) is 10.2. The Kier molecular flexibility index (Phi) is 10.6. The van der Waals surface area contributed by atoms with Gasteiger partial charge in [-0.25, -0.2) is 0 Å². The van der Waals surface area contributed by atoms with Gasteiger partial charge in [-0.05, 0) is 58.4 Å². The van der Waals surface area contributed by atoms with Crippen molar-refractivity contribution in [2.24, 2.45) is 16.5 Å². The van der Waals surface area contributed by atoms with Gasteiger partial charge in [0.2, 0.25) is 0 Å². The Labute approximate surface area is 170 Å². The molecule has 0 aliphatic carbocycles. The number of anilines is 1. The van der Waals surface area contributed by atoms with E-state index in [1.807, 2.05) is 19.1 Å². The SMILES string of the molecule is C=CC(/C=C(/C)N)=C(/N)Nc1cc(N=C)c(C)cc1OC.CN(C)CC(F)(F)F. The lowest BCUT2D eigenvalue weighted by Crippen LogP contribution is -2.27. The highest BCUT2D eigenvalue weighted by Crippen LogP contribution is 2.33. The van der Waals surface area contributed by atoms with Gasteiger partial charge >= 0.3 is 6.18 Å². The highest BCUT2D eigenvalue weighted by molar-refractivity contribution is 5.69. The molecule has 0 heterocycles. The van der Waals surface area contributed by atoms with Crippen LogP contribution in [0.1, 0.15) is 12.5 Å². The summed E-state index contributed by atoms with van der Waals surface area (Å²) in [7, 11) is 4.36. The molecule has 0 aromatic heterocycles. The maximum absolute atomic E-state index is 11.3. The van der Waals surface area contributed by atoms with Crippen molar-refractivity contribution >= 4 is 18.1 Å². The molecule has 6 nitrogen and oxygen atoms in total. The lowest BCUT2D eigenvalue weighted by molar-refractivity contribution is -0.140. The fourth-order valence-corrected chi connectivity index (χ4v) is 2.17. The zero-order valence-electron chi connectivity index (χ0n) is 17.5. The Morgan fingerprint density at radius 1 is 1.31 bits per heavy atom. The van der Waals surface area contributed by atoms with Gasteiger partial charge in [0.1, 0.15) is 11.6 Å². The van der Waals surface area contributed by atoms with E-state index in [0.717, 1.165) is 16.2 Å². The summed E-state index contributed by atoms with van der Waals surface area (Å²) in [6, 6.07) is 3.70. The van der Waals surface area contributed by atoms with Gasteiger partial charge in [-0.3, -0.25) is 4.99 Å². The number of hydrogen-bond acceptors (Lipinski definition) is 6. The van der Waals surface area contributed by atoms with E-state index in [1.165, 1.54) is 14.1 Å². The quantitative estimate of drug-likeness (QED) is 0.463. The molecular formula is C20H30F3N5O. The highest BCUT2D eigenvalue weighted by atomic mass is 19.4. The molecular weight excluding hydrogens is 383 g/mol. The minimum absolute atomic E-state index is 0.423. The molecule has 5 N–H and O–H groups in total.